The predicted octanol–water partition coefficient (Wildman–Crippen LogP) is 5.92. The number of amides is 1. The summed E-state index contributed by atoms with van der Waals surface area (Å²) in [5, 5.41) is 3.56. The predicted molar refractivity (Wildman–Crippen MR) is 153 cm³/mol. The van der Waals surface area contributed by atoms with E-state index in [4.69, 9.17) is 23.2 Å². The van der Waals surface area contributed by atoms with E-state index in [-0.39, 0.29) is 9.79 Å². The molecule has 12 heteroatoms. The number of halogens is 2. The van der Waals surface area contributed by atoms with Crippen LogP contribution >= 0.6 is 23.2 Å². The molecule has 4 aromatic rings. The highest BCUT2D eigenvalue weighted by Gasteiger charge is 2.36. The molecule has 0 saturated heterocycles. The molecule has 200 valence electrons. The monoisotopic (exact) mass is 601 g/mol. The van der Waals surface area contributed by atoms with E-state index in [9.17, 15) is 21.6 Å². The van der Waals surface area contributed by atoms with Crippen molar-refractivity contribution in [3.63, 3.8) is 0 Å². The second kappa shape index (κ2) is 10.2. The first kappa shape index (κ1) is 27.0. The van der Waals surface area contributed by atoms with Crippen LogP contribution in [0.25, 0.3) is 11.1 Å². The highest BCUT2D eigenvalue weighted by Crippen LogP contribution is 2.43. The molecule has 0 atom stereocenters. The molecule has 0 spiro atoms. The molecule has 1 heterocycles. The van der Waals surface area contributed by atoms with E-state index >= 15 is 0 Å². The molecular weight excluding hydrogens is 581 g/mol. The zero-order valence-electron chi connectivity index (χ0n) is 20.4. The van der Waals surface area contributed by atoms with Crippen molar-refractivity contribution in [3.8, 4) is 11.1 Å². The van der Waals surface area contributed by atoms with Crippen molar-refractivity contribution in [2.75, 3.05) is 20.9 Å². The first-order valence-electron chi connectivity index (χ1n) is 11.6. The summed E-state index contributed by atoms with van der Waals surface area (Å²) >= 11 is 12.1. The van der Waals surface area contributed by atoms with Gasteiger partial charge in [0.1, 0.15) is 6.54 Å². The number of sulfonamides is 2. The van der Waals surface area contributed by atoms with E-state index in [1.165, 1.54) is 30.3 Å². The number of rotatable bonds is 6. The van der Waals surface area contributed by atoms with Gasteiger partial charge in [0, 0.05) is 26.9 Å². The number of aryl methyl sites for hydroxylation is 1. The fourth-order valence-electron chi connectivity index (χ4n) is 4.27. The largest absolute Gasteiger partial charge is 0.325 e. The second-order valence-corrected chi connectivity index (χ2v) is 13.2. The minimum atomic E-state index is -4.03. The maximum atomic E-state index is 13.4. The molecule has 0 aromatic heterocycles. The van der Waals surface area contributed by atoms with Gasteiger partial charge in [-0.1, -0.05) is 41.4 Å². The van der Waals surface area contributed by atoms with Crippen molar-refractivity contribution in [2.24, 2.45) is 0 Å². The number of anilines is 3. The first-order chi connectivity index (χ1) is 18.5. The van der Waals surface area contributed by atoms with E-state index in [1.54, 1.807) is 61.5 Å². The lowest BCUT2D eigenvalue weighted by molar-refractivity contribution is -0.114. The number of carbonyl (C=O) groups is 1. The van der Waals surface area contributed by atoms with Crippen LogP contribution in [0.5, 0.6) is 0 Å². The fraction of sp³-hybridized carbons (Fsp3) is 0.0741. The summed E-state index contributed by atoms with van der Waals surface area (Å²) in [5.41, 5.74) is 2.78. The quantitative estimate of drug-likeness (QED) is 0.285. The second-order valence-electron chi connectivity index (χ2n) is 8.81. The van der Waals surface area contributed by atoms with Gasteiger partial charge >= 0.3 is 0 Å². The molecule has 4 aromatic carbocycles. The maximum absolute atomic E-state index is 13.4. The van der Waals surface area contributed by atoms with Gasteiger partial charge in [-0.25, -0.2) is 16.8 Å². The molecule has 39 heavy (non-hydrogen) atoms. The SMILES string of the molecule is Cc1cc(Cl)ccc1NS(=O)(=O)c1ccc(NC(=O)CN2c3ccc(Cl)cc3-c3ccccc3S2(=O)=O)cc1. The van der Waals surface area contributed by atoms with Crippen LogP contribution in [0, 0.1) is 6.92 Å². The molecule has 8 nitrogen and oxygen atoms in total. The third-order valence-corrected chi connectivity index (χ3v) is 9.81. The summed E-state index contributed by atoms with van der Waals surface area (Å²) in [6, 6.07) is 21.6. The lowest BCUT2D eigenvalue weighted by Gasteiger charge is -2.31. The Morgan fingerprint density at radius 3 is 2.26 bits per heavy atom. The molecule has 0 bridgehead atoms. The zero-order chi connectivity index (χ0) is 27.9. The summed E-state index contributed by atoms with van der Waals surface area (Å²) in [6.07, 6.45) is 0. The number of fused-ring (bicyclic) bond motifs is 3. The highest BCUT2D eigenvalue weighted by molar-refractivity contribution is 7.93. The number of carbonyl (C=O) groups excluding carboxylic acids is 1. The molecule has 0 saturated carbocycles. The summed E-state index contributed by atoms with van der Waals surface area (Å²) < 4.78 is 56.1. The van der Waals surface area contributed by atoms with E-state index in [2.05, 4.69) is 10.0 Å². The van der Waals surface area contributed by atoms with Crippen molar-refractivity contribution >= 4 is 66.2 Å². The van der Waals surface area contributed by atoms with Gasteiger partial charge in [0.05, 0.1) is 21.2 Å². The number of benzene rings is 4. The number of nitrogens with zero attached hydrogens (tertiary/aromatic N) is 1. The van der Waals surface area contributed by atoms with Gasteiger partial charge in [0.25, 0.3) is 20.0 Å². The van der Waals surface area contributed by atoms with Crippen LogP contribution in [-0.2, 0) is 24.8 Å². The van der Waals surface area contributed by atoms with Gasteiger partial charge in [0.2, 0.25) is 5.91 Å². The lowest BCUT2D eigenvalue weighted by atomic mass is 10.0. The molecular formula is C27H21Cl2N3O5S2. The summed E-state index contributed by atoms with van der Waals surface area (Å²) in [4.78, 5) is 13.0. The van der Waals surface area contributed by atoms with Crippen LogP contribution in [-0.4, -0.2) is 29.3 Å². The van der Waals surface area contributed by atoms with Gasteiger partial charge in [-0.05, 0) is 79.2 Å². The highest BCUT2D eigenvalue weighted by atomic mass is 35.5. The van der Waals surface area contributed by atoms with Gasteiger partial charge < -0.3 is 5.32 Å². The van der Waals surface area contributed by atoms with Gasteiger partial charge in [0.15, 0.2) is 0 Å². The van der Waals surface area contributed by atoms with E-state index in [0.717, 1.165) is 4.31 Å². The van der Waals surface area contributed by atoms with Crippen LogP contribution in [0.2, 0.25) is 10.0 Å². The Morgan fingerprint density at radius 2 is 1.54 bits per heavy atom. The third-order valence-electron chi connectivity index (χ3n) is 6.14. The molecule has 2 N–H and O–H groups in total. The van der Waals surface area contributed by atoms with Crippen LogP contribution in [0.3, 0.4) is 0 Å². The Bertz CT molecular complexity index is 1830. The van der Waals surface area contributed by atoms with Crippen molar-refractivity contribution in [1.82, 2.24) is 0 Å². The first-order valence-corrected chi connectivity index (χ1v) is 15.2. The van der Waals surface area contributed by atoms with Gasteiger partial charge in [-0.2, -0.15) is 0 Å². The molecule has 1 aliphatic rings. The summed E-state index contributed by atoms with van der Waals surface area (Å²) in [5.74, 6) is -0.607. The van der Waals surface area contributed by atoms with E-state index in [0.29, 0.717) is 43.8 Å². The van der Waals surface area contributed by atoms with E-state index in [1.807, 2.05) is 0 Å². The lowest BCUT2D eigenvalue weighted by Crippen LogP contribution is -2.40. The van der Waals surface area contributed by atoms with Crippen LogP contribution in [0.1, 0.15) is 5.56 Å². The van der Waals surface area contributed by atoms with Gasteiger partial charge in [-0.15, -0.1) is 0 Å². The molecule has 0 unspecified atom stereocenters. The number of hydrogen-bond donors (Lipinski definition) is 2. The van der Waals surface area contributed by atoms with Crippen LogP contribution in [0.4, 0.5) is 17.1 Å². The average molecular weight is 603 g/mol. The average Bonchev–Trinajstić information content (AvgIpc) is 2.89. The number of nitrogens with one attached hydrogen (secondary N) is 2. The maximum Gasteiger partial charge on any atom is 0.265 e. The summed E-state index contributed by atoms with van der Waals surface area (Å²) in [7, 11) is -7.93. The minimum Gasteiger partial charge on any atom is -0.325 e. The third kappa shape index (κ3) is 5.33. The Morgan fingerprint density at radius 1 is 0.872 bits per heavy atom. The minimum absolute atomic E-state index is 0.0177. The molecule has 0 aliphatic carbocycles. The Balaban J connectivity index is 1.35. The molecule has 1 aliphatic heterocycles. The van der Waals surface area contributed by atoms with Crippen molar-refractivity contribution < 1.29 is 21.6 Å². The Hall–Kier alpha value is -3.57. The Kier molecular flexibility index (Phi) is 7.06. The van der Waals surface area contributed by atoms with Crippen molar-refractivity contribution in [1.29, 1.82) is 0 Å². The fourth-order valence-corrected chi connectivity index (χ4v) is 7.45. The Labute approximate surface area is 236 Å². The standard InChI is InChI=1S/C27H21Cl2N3O5S2/c1-17-14-18(28)6-12-24(17)31-38(34,35)21-10-8-20(9-11-21)30-27(33)16-32-25-13-7-19(29)15-23(25)22-4-2-3-5-26(22)39(32,36)37/h2-15,31H,16H2,1H3,(H,30,33). The van der Waals surface area contributed by atoms with Crippen molar-refractivity contribution in [2.45, 2.75) is 16.7 Å². The van der Waals surface area contributed by atoms with E-state index < -0.39 is 32.5 Å². The smallest absolute Gasteiger partial charge is 0.265 e. The normalized spacial score (nSPS) is 13.8. The van der Waals surface area contributed by atoms with Crippen LogP contribution in [0.15, 0.2) is 94.7 Å². The molecule has 0 radical (unpaired) electrons. The van der Waals surface area contributed by atoms with Crippen molar-refractivity contribution in [3.05, 3.63) is 101 Å². The molecule has 0 fully saturated rings. The number of hydrogen-bond acceptors (Lipinski definition) is 5. The van der Waals surface area contributed by atoms with Crippen LogP contribution < -0.4 is 14.3 Å². The molecule has 5 rings (SSSR count). The zero-order valence-corrected chi connectivity index (χ0v) is 23.5. The summed E-state index contributed by atoms with van der Waals surface area (Å²) in [6.45, 7) is 1.24. The van der Waals surface area contributed by atoms with Gasteiger partial charge in [-0.3, -0.25) is 13.8 Å². The topological polar surface area (TPSA) is 113 Å². The molecule has 1 amide bonds.